The number of carbonyl (C=O) groups excluding carboxylic acids is 1. The van der Waals surface area contributed by atoms with Crippen molar-refractivity contribution in [1.29, 1.82) is 0 Å². The lowest BCUT2D eigenvalue weighted by molar-refractivity contribution is -0.117. The summed E-state index contributed by atoms with van der Waals surface area (Å²) in [6.07, 6.45) is 1.72. The minimum atomic E-state index is 0.289. The van der Waals surface area contributed by atoms with Crippen molar-refractivity contribution < 1.29 is 9.53 Å². The quantitative estimate of drug-likeness (QED) is 0.631. The van der Waals surface area contributed by atoms with E-state index in [4.69, 9.17) is 4.74 Å². The van der Waals surface area contributed by atoms with Crippen molar-refractivity contribution in [2.75, 3.05) is 13.2 Å². The summed E-state index contributed by atoms with van der Waals surface area (Å²) in [5.74, 6) is 0.289. The molecule has 0 amide bonds. The highest BCUT2D eigenvalue weighted by Gasteiger charge is 1.83. The first kappa shape index (κ1) is 13.2. The number of hydrogen-bond acceptors (Lipinski definition) is 2. The van der Waals surface area contributed by atoms with Crippen LogP contribution >= 0.6 is 0 Å². The van der Waals surface area contributed by atoms with Crippen LogP contribution in [0.25, 0.3) is 0 Å². The predicted octanol–water partition coefficient (Wildman–Crippen LogP) is 2.42. The Labute approximate surface area is 69.9 Å². The predicted molar refractivity (Wildman–Crippen MR) is 47.8 cm³/mol. The summed E-state index contributed by atoms with van der Waals surface area (Å²) in [6, 6.07) is 0. The molecule has 0 unspecified atom stereocenters. The van der Waals surface area contributed by atoms with Gasteiger partial charge in [0.2, 0.25) is 0 Å². The van der Waals surface area contributed by atoms with Crippen molar-refractivity contribution in [3.63, 3.8) is 0 Å². The molecule has 0 heterocycles. The molecule has 11 heavy (non-hydrogen) atoms. The van der Waals surface area contributed by atoms with E-state index in [1.54, 1.807) is 6.92 Å². The lowest BCUT2D eigenvalue weighted by Gasteiger charge is -1.86. The van der Waals surface area contributed by atoms with Crippen LogP contribution in [-0.4, -0.2) is 19.0 Å². The smallest absolute Gasteiger partial charge is 0.129 e. The Kier molecular flexibility index (Phi) is 14.8. The molecule has 0 atom stereocenters. The average molecular weight is 160 g/mol. The van der Waals surface area contributed by atoms with E-state index in [9.17, 15) is 4.79 Å². The minimum absolute atomic E-state index is 0.289. The van der Waals surface area contributed by atoms with Gasteiger partial charge in [-0.05, 0) is 27.2 Å². The van der Waals surface area contributed by atoms with Crippen molar-refractivity contribution in [2.24, 2.45) is 0 Å². The Morgan fingerprint density at radius 1 is 1.18 bits per heavy atom. The van der Waals surface area contributed by atoms with E-state index in [1.165, 1.54) is 0 Å². The van der Waals surface area contributed by atoms with Crippen LogP contribution in [0.3, 0.4) is 0 Å². The summed E-state index contributed by atoms with van der Waals surface area (Å²) in [4.78, 5) is 10.0. The highest BCUT2D eigenvalue weighted by Crippen LogP contribution is 1.84. The van der Waals surface area contributed by atoms with Gasteiger partial charge in [0.1, 0.15) is 5.78 Å². The molecule has 0 radical (unpaired) electrons. The molecule has 0 fully saturated rings. The fourth-order valence-electron chi connectivity index (χ4n) is 0.556. The molecule has 0 aliphatic rings. The third-order valence-corrected chi connectivity index (χ3v) is 1.01. The standard InChI is InChI=1S/C5H10O.C4H10O/c1-3-4-5(2)6;1-3-5-4-2/h3-4H2,1-2H3;3-4H2,1-2H3. The molecule has 0 aromatic rings. The zero-order valence-corrected chi connectivity index (χ0v) is 8.14. The summed E-state index contributed by atoms with van der Waals surface area (Å²) in [7, 11) is 0. The largest absolute Gasteiger partial charge is 0.382 e. The third-order valence-electron chi connectivity index (χ3n) is 1.01. The normalized spacial score (nSPS) is 8.36. The number of ketones is 1. The maximum absolute atomic E-state index is 10.0. The Morgan fingerprint density at radius 2 is 1.64 bits per heavy atom. The second kappa shape index (κ2) is 12.3. The number of Topliss-reactive ketones (excluding diaryl/α,β-unsaturated/α-hetero) is 1. The Morgan fingerprint density at radius 3 is 1.64 bits per heavy atom. The Balaban J connectivity index is 0. The van der Waals surface area contributed by atoms with E-state index in [0.717, 1.165) is 26.1 Å². The first-order chi connectivity index (χ1) is 5.18. The monoisotopic (exact) mass is 160 g/mol. The SMILES string of the molecule is CCCC(C)=O.CCOCC. The number of ether oxygens (including phenoxy) is 1. The molecule has 68 valence electrons. The maximum atomic E-state index is 10.0. The van der Waals surface area contributed by atoms with Crippen molar-refractivity contribution in [3.8, 4) is 0 Å². The highest BCUT2D eigenvalue weighted by molar-refractivity contribution is 5.75. The van der Waals surface area contributed by atoms with Gasteiger partial charge in [-0.1, -0.05) is 6.92 Å². The second-order valence-corrected chi connectivity index (χ2v) is 2.23. The summed E-state index contributed by atoms with van der Waals surface area (Å²) in [6.45, 7) is 9.28. The molecule has 0 aliphatic heterocycles. The average Bonchev–Trinajstić information content (AvgIpc) is 1.90. The van der Waals surface area contributed by atoms with E-state index in [0.29, 0.717) is 0 Å². The molecule has 0 aromatic heterocycles. The first-order valence-electron chi connectivity index (χ1n) is 4.26. The van der Waals surface area contributed by atoms with Crippen LogP contribution in [0.5, 0.6) is 0 Å². The van der Waals surface area contributed by atoms with Gasteiger partial charge in [0.15, 0.2) is 0 Å². The molecule has 0 saturated carbocycles. The Hall–Kier alpha value is -0.370. The van der Waals surface area contributed by atoms with E-state index in [2.05, 4.69) is 0 Å². The molecule has 2 heteroatoms. The van der Waals surface area contributed by atoms with Crippen molar-refractivity contribution in [2.45, 2.75) is 40.5 Å². The third kappa shape index (κ3) is 26.2. The topological polar surface area (TPSA) is 26.3 Å². The molecular weight excluding hydrogens is 140 g/mol. The van der Waals surface area contributed by atoms with Gasteiger partial charge in [-0.2, -0.15) is 0 Å². The van der Waals surface area contributed by atoms with Crippen LogP contribution < -0.4 is 0 Å². The van der Waals surface area contributed by atoms with E-state index < -0.39 is 0 Å². The Bertz CT molecular complexity index is 77.6. The van der Waals surface area contributed by atoms with Crippen LogP contribution in [0.1, 0.15) is 40.5 Å². The number of rotatable bonds is 4. The van der Waals surface area contributed by atoms with Gasteiger partial charge >= 0.3 is 0 Å². The molecule has 2 nitrogen and oxygen atoms in total. The van der Waals surface area contributed by atoms with Gasteiger partial charge in [-0.25, -0.2) is 0 Å². The fraction of sp³-hybridized carbons (Fsp3) is 0.889. The first-order valence-corrected chi connectivity index (χ1v) is 4.26. The zero-order chi connectivity index (χ0) is 9.11. The molecule has 0 N–H and O–H groups in total. The minimum Gasteiger partial charge on any atom is -0.382 e. The van der Waals surface area contributed by atoms with Gasteiger partial charge in [0.05, 0.1) is 0 Å². The molecule has 0 spiro atoms. The van der Waals surface area contributed by atoms with E-state index >= 15 is 0 Å². The lowest BCUT2D eigenvalue weighted by Crippen LogP contribution is -1.84. The van der Waals surface area contributed by atoms with Gasteiger partial charge in [0.25, 0.3) is 0 Å². The molecule has 0 saturated heterocycles. The van der Waals surface area contributed by atoms with Gasteiger partial charge in [-0.3, -0.25) is 0 Å². The molecule has 0 bridgehead atoms. The van der Waals surface area contributed by atoms with E-state index in [1.807, 2.05) is 20.8 Å². The number of hydrogen-bond donors (Lipinski definition) is 0. The molecule has 0 rings (SSSR count). The molecule has 0 aromatic carbocycles. The van der Waals surface area contributed by atoms with Crippen LogP contribution in [-0.2, 0) is 9.53 Å². The maximum Gasteiger partial charge on any atom is 0.129 e. The van der Waals surface area contributed by atoms with Gasteiger partial charge in [-0.15, -0.1) is 0 Å². The van der Waals surface area contributed by atoms with Crippen LogP contribution in [0.15, 0.2) is 0 Å². The summed E-state index contributed by atoms with van der Waals surface area (Å²) < 4.78 is 4.83. The summed E-state index contributed by atoms with van der Waals surface area (Å²) >= 11 is 0. The number of carbonyl (C=O) groups is 1. The van der Waals surface area contributed by atoms with Crippen LogP contribution in [0.4, 0.5) is 0 Å². The summed E-state index contributed by atoms with van der Waals surface area (Å²) in [5, 5.41) is 0. The summed E-state index contributed by atoms with van der Waals surface area (Å²) in [5.41, 5.74) is 0. The zero-order valence-electron chi connectivity index (χ0n) is 8.14. The van der Waals surface area contributed by atoms with Crippen molar-refractivity contribution >= 4 is 5.78 Å². The van der Waals surface area contributed by atoms with Crippen molar-refractivity contribution in [1.82, 2.24) is 0 Å². The van der Waals surface area contributed by atoms with Crippen molar-refractivity contribution in [3.05, 3.63) is 0 Å². The van der Waals surface area contributed by atoms with Gasteiger partial charge < -0.3 is 9.53 Å². The second-order valence-electron chi connectivity index (χ2n) is 2.23. The van der Waals surface area contributed by atoms with E-state index in [-0.39, 0.29) is 5.78 Å². The molecular formula is C9H20O2. The fourth-order valence-corrected chi connectivity index (χ4v) is 0.556. The van der Waals surface area contributed by atoms with Gasteiger partial charge in [0, 0.05) is 19.6 Å². The van der Waals surface area contributed by atoms with Crippen LogP contribution in [0.2, 0.25) is 0 Å². The highest BCUT2D eigenvalue weighted by atomic mass is 16.5. The molecule has 0 aliphatic carbocycles. The van der Waals surface area contributed by atoms with Crippen LogP contribution in [0, 0.1) is 0 Å². The lowest BCUT2D eigenvalue weighted by atomic mass is 10.3.